The molecular weight excluding hydrogens is 262 g/mol. The predicted molar refractivity (Wildman–Crippen MR) is 75.8 cm³/mol. The fourth-order valence-electron chi connectivity index (χ4n) is 2.20. The fourth-order valence-corrected chi connectivity index (χ4v) is 3.15. The number of ether oxygens (including phenoxy) is 1. The first-order valence-electron chi connectivity index (χ1n) is 6.13. The first-order valence-corrected chi connectivity index (χ1v) is 6.95. The number of nitrogens with one attached hydrogen (secondary N) is 1. The second-order valence-corrected chi connectivity index (χ2v) is 5.63. The van der Waals surface area contributed by atoms with Crippen LogP contribution in [-0.4, -0.2) is 42.5 Å². The maximum absolute atomic E-state index is 11.8. The number of fused-ring (bicyclic) bond motifs is 1. The molecule has 1 unspecified atom stereocenters. The van der Waals surface area contributed by atoms with Crippen molar-refractivity contribution in [3.8, 4) is 5.75 Å². The third-order valence-corrected chi connectivity index (χ3v) is 4.27. The molecule has 2 heterocycles. The molecule has 0 saturated carbocycles. The Bertz CT molecular complexity index is 625. The number of hydrogen-bond acceptors (Lipinski definition) is 5. The molecule has 5 nitrogen and oxygen atoms in total. The van der Waals surface area contributed by atoms with Crippen LogP contribution in [0.3, 0.4) is 0 Å². The number of anilines is 1. The topological polar surface area (TPSA) is 54.5 Å². The van der Waals surface area contributed by atoms with Gasteiger partial charge < -0.3 is 15.0 Å². The second-order valence-electron chi connectivity index (χ2n) is 4.60. The van der Waals surface area contributed by atoms with Gasteiger partial charge in [-0.25, -0.2) is 4.98 Å². The minimum Gasteiger partial charge on any atom is -0.497 e. The van der Waals surface area contributed by atoms with Crippen LogP contribution in [0.1, 0.15) is 6.42 Å². The Hall–Kier alpha value is -1.82. The Morgan fingerprint density at radius 1 is 1.53 bits per heavy atom. The molecule has 0 radical (unpaired) electrons. The van der Waals surface area contributed by atoms with Crippen molar-refractivity contribution < 1.29 is 9.53 Å². The molecule has 3 rings (SSSR count). The molecule has 1 atom stereocenters. The van der Waals surface area contributed by atoms with E-state index in [2.05, 4.69) is 10.3 Å². The zero-order valence-electron chi connectivity index (χ0n) is 10.8. The summed E-state index contributed by atoms with van der Waals surface area (Å²) in [6.07, 6.45) is 0.828. The van der Waals surface area contributed by atoms with Gasteiger partial charge in [-0.15, -0.1) is 0 Å². The third kappa shape index (κ3) is 2.23. The summed E-state index contributed by atoms with van der Waals surface area (Å²) in [5.41, 5.74) is 0.923. The Kier molecular flexibility index (Phi) is 3.02. The van der Waals surface area contributed by atoms with Gasteiger partial charge in [-0.3, -0.25) is 4.79 Å². The van der Waals surface area contributed by atoms with Crippen LogP contribution in [0.15, 0.2) is 18.2 Å². The van der Waals surface area contributed by atoms with Gasteiger partial charge in [-0.2, -0.15) is 0 Å². The summed E-state index contributed by atoms with van der Waals surface area (Å²) in [6, 6.07) is 5.63. The average molecular weight is 277 g/mol. The highest BCUT2D eigenvalue weighted by Gasteiger charge is 2.29. The highest BCUT2D eigenvalue weighted by molar-refractivity contribution is 7.22. The zero-order valence-corrected chi connectivity index (χ0v) is 11.7. The van der Waals surface area contributed by atoms with E-state index in [9.17, 15) is 4.79 Å². The molecule has 6 heteroatoms. The van der Waals surface area contributed by atoms with Gasteiger partial charge in [-0.1, -0.05) is 11.3 Å². The molecule has 1 saturated heterocycles. The summed E-state index contributed by atoms with van der Waals surface area (Å²) < 4.78 is 6.25. The molecule has 1 aliphatic rings. The van der Waals surface area contributed by atoms with Crippen molar-refractivity contribution in [3.63, 3.8) is 0 Å². The minimum atomic E-state index is -0.146. The number of aromatic nitrogens is 1. The van der Waals surface area contributed by atoms with Gasteiger partial charge >= 0.3 is 0 Å². The summed E-state index contributed by atoms with van der Waals surface area (Å²) >= 11 is 1.54. The molecule has 1 aliphatic heterocycles. The van der Waals surface area contributed by atoms with Crippen LogP contribution >= 0.6 is 11.3 Å². The first-order chi connectivity index (χ1) is 9.17. The Balaban J connectivity index is 1.84. The van der Waals surface area contributed by atoms with Crippen molar-refractivity contribution >= 4 is 32.6 Å². The number of carbonyl (C=O) groups excluding carboxylic acids is 1. The molecule has 1 amide bonds. The lowest BCUT2D eigenvalue weighted by Gasteiger charge is -2.10. The summed E-state index contributed by atoms with van der Waals surface area (Å²) in [5.74, 6) is 0.955. The van der Waals surface area contributed by atoms with Crippen molar-refractivity contribution in [2.45, 2.75) is 12.5 Å². The lowest BCUT2D eigenvalue weighted by molar-refractivity contribution is -0.127. The molecule has 1 aromatic carbocycles. The van der Waals surface area contributed by atoms with E-state index in [0.717, 1.165) is 34.1 Å². The number of amides is 1. The fraction of sp³-hybridized carbons (Fsp3) is 0.385. The summed E-state index contributed by atoms with van der Waals surface area (Å²) in [5, 5.41) is 4.01. The lowest BCUT2D eigenvalue weighted by atomic mass is 10.2. The number of rotatable bonds is 3. The molecule has 0 bridgehead atoms. The van der Waals surface area contributed by atoms with Crippen LogP contribution < -0.4 is 10.1 Å². The number of thiazole rings is 1. The van der Waals surface area contributed by atoms with Crippen molar-refractivity contribution in [2.75, 3.05) is 26.0 Å². The normalized spacial score (nSPS) is 19.2. The van der Waals surface area contributed by atoms with E-state index in [1.54, 1.807) is 23.3 Å². The van der Waals surface area contributed by atoms with Crippen LogP contribution in [0.25, 0.3) is 10.2 Å². The SMILES string of the molecule is COc1ccc2nc(NC3CCN(C)C3=O)sc2c1. The number of likely N-dealkylation sites (tertiary alicyclic amines) is 1. The monoisotopic (exact) mass is 277 g/mol. The largest absolute Gasteiger partial charge is 0.497 e. The van der Waals surface area contributed by atoms with Gasteiger partial charge in [0.25, 0.3) is 0 Å². The molecular formula is C13H15N3O2S. The van der Waals surface area contributed by atoms with Crippen LogP contribution in [0, 0.1) is 0 Å². The molecule has 1 aromatic heterocycles. The van der Waals surface area contributed by atoms with E-state index in [-0.39, 0.29) is 11.9 Å². The first kappa shape index (κ1) is 12.2. The number of methoxy groups -OCH3 is 1. The van der Waals surface area contributed by atoms with Crippen LogP contribution in [0.4, 0.5) is 5.13 Å². The van der Waals surface area contributed by atoms with Crippen LogP contribution in [0.2, 0.25) is 0 Å². The lowest BCUT2D eigenvalue weighted by Crippen LogP contribution is -2.30. The van der Waals surface area contributed by atoms with Gasteiger partial charge in [0.15, 0.2) is 5.13 Å². The van der Waals surface area contributed by atoms with Gasteiger partial charge in [-0.05, 0) is 24.6 Å². The van der Waals surface area contributed by atoms with Gasteiger partial charge in [0.05, 0.1) is 17.3 Å². The average Bonchev–Trinajstić information content (AvgIpc) is 2.95. The van der Waals surface area contributed by atoms with Crippen molar-refractivity contribution in [3.05, 3.63) is 18.2 Å². The smallest absolute Gasteiger partial charge is 0.244 e. The predicted octanol–water partition coefficient (Wildman–Crippen LogP) is 1.95. The van der Waals surface area contributed by atoms with Crippen molar-refractivity contribution in [1.82, 2.24) is 9.88 Å². The highest BCUT2D eigenvalue weighted by Crippen LogP contribution is 2.30. The maximum Gasteiger partial charge on any atom is 0.244 e. The molecule has 2 aromatic rings. The third-order valence-electron chi connectivity index (χ3n) is 3.32. The van der Waals surface area contributed by atoms with Gasteiger partial charge in [0.1, 0.15) is 11.8 Å². The maximum atomic E-state index is 11.8. The Labute approximate surface area is 115 Å². The quantitative estimate of drug-likeness (QED) is 0.931. The van der Waals surface area contributed by atoms with E-state index in [1.807, 2.05) is 25.2 Å². The highest BCUT2D eigenvalue weighted by atomic mass is 32.1. The summed E-state index contributed by atoms with van der Waals surface area (Å²) in [7, 11) is 3.47. The number of hydrogen-bond donors (Lipinski definition) is 1. The van der Waals surface area contributed by atoms with E-state index in [1.165, 1.54) is 0 Å². The molecule has 0 aliphatic carbocycles. The van der Waals surface area contributed by atoms with Gasteiger partial charge in [0.2, 0.25) is 5.91 Å². The Morgan fingerprint density at radius 3 is 3.05 bits per heavy atom. The molecule has 19 heavy (non-hydrogen) atoms. The van der Waals surface area contributed by atoms with E-state index in [4.69, 9.17) is 4.74 Å². The second kappa shape index (κ2) is 4.70. The number of benzene rings is 1. The number of carbonyl (C=O) groups is 1. The standard InChI is InChI=1S/C13H15N3O2S/c1-16-6-5-10(12(16)17)15-13-14-9-4-3-8(18-2)7-11(9)19-13/h3-4,7,10H,5-6H2,1-2H3,(H,14,15). The summed E-state index contributed by atoms with van der Waals surface area (Å²) in [6.45, 7) is 0.801. The minimum absolute atomic E-state index is 0.136. The van der Waals surface area contributed by atoms with E-state index < -0.39 is 0 Å². The molecule has 0 spiro atoms. The zero-order chi connectivity index (χ0) is 13.4. The van der Waals surface area contributed by atoms with Crippen LogP contribution in [-0.2, 0) is 4.79 Å². The number of nitrogens with zero attached hydrogens (tertiary/aromatic N) is 2. The van der Waals surface area contributed by atoms with Crippen LogP contribution in [0.5, 0.6) is 5.75 Å². The van der Waals surface area contributed by atoms with E-state index >= 15 is 0 Å². The van der Waals surface area contributed by atoms with Crippen molar-refractivity contribution in [2.24, 2.45) is 0 Å². The molecule has 100 valence electrons. The van der Waals surface area contributed by atoms with Crippen molar-refractivity contribution in [1.29, 1.82) is 0 Å². The van der Waals surface area contributed by atoms with E-state index in [0.29, 0.717) is 0 Å². The molecule has 1 N–H and O–H groups in total. The van der Waals surface area contributed by atoms with Gasteiger partial charge in [0, 0.05) is 13.6 Å². The Morgan fingerprint density at radius 2 is 2.37 bits per heavy atom. The number of likely N-dealkylation sites (N-methyl/N-ethyl adjacent to an activating group) is 1. The summed E-state index contributed by atoms with van der Waals surface area (Å²) in [4.78, 5) is 18.1. The molecule has 1 fully saturated rings.